The van der Waals surface area contributed by atoms with Crippen LogP contribution in [-0.2, 0) is 6.42 Å². The maximum atomic E-state index is 12.3. The Morgan fingerprint density at radius 3 is 2.35 bits per heavy atom. The fourth-order valence-electron chi connectivity index (χ4n) is 2.32. The maximum Gasteiger partial charge on any atom is 0.168 e. The quantitative estimate of drug-likeness (QED) is 0.618. The number of hydrogen-bond donors (Lipinski definition) is 0. The first kappa shape index (κ1) is 13.1. The van der Waals surface area contributed by atoms with Crippen molar-refractivity contribution in [1.29, 1.82) is 0 Å². The summed E-state index contributed by atoms with van der Waals surface area (Å²) >= 11 is 3.43. The summed E-state index contributed by atoms with van der Waals surface area (Å²) in [6.07, 6.45) is 0.424. The summed E-state index contributed by atoms with van der Waals surface area (Å²) in [5.41, 5.74) is 1.78. The van der Waals surface area contributed by atoms with Gasteiger partial charge in [-0.05, 0) is 22.4 Å². The minimum absolute atomic E-state index is 0.132. The number of rotatable bonds is 3. The SMILES string of the molecule is O=C(Cc1ccc2ccccc2c1)c1ccccc1Br. The third kappa shape index (κ3) is 2.66. The predicted molar refractivity (Wildman–Crippen MR) is 86.1 cm³/mol. The first-order valence-corrected chi connectivity index (χ1v) is 7.29. The zero-order chi connectivity index (χ0) is 13.9. The number of benzene rings is 3. The van der Waals surface area contributed by atoms with Crippen LogP contribution in [0.2, 0.25) is 0 Å². The molecule has 2 heteroatoms. The molecule has 3 aromatic carbocycles. The highest BCUT2D eigenvalue weighted by atomic mass is 79.9. The molecular weight excluding hydrogens is 312 g/mol. The van der Waals surface area contributed by atoms with E-state index in [2.05, 4.69) is 40.2 Å². The molecule has 0 unspecified atom stereocenters. The predicted octanol–water partition coefficient (Wildman–Crippen LogP) is 5.03. The lowest BCUT2D eigenvalue weighted by Gasteiger charge is -2.05. The van der Waals surface area contributed by atoms with Crippen LogP contribution in [0.4, 0.5) is 0 Å². The number of Topliss-reactive ketones (excluding diaryl/α,β-unsaturated/α-hetero) is 1. The van der Waals surface area contributed by atoms with E-state index < -0.39 is 0 Å². The van der Waals surface area contributed by atoms with Gasteiger partial charge in [-0.1, -0.05) is 76.6 Å². The molecule has 98 valence electrons. The minimum Gasteiger partial charge on any atom is -0.294 e. The van der Waals surface area contributed by atoms with Crippen molar-refractivity contribution in [3.8, 4) is 0 Å². The van der Waals surface area contributed by atoms with Crippen LogP contribution < -0.4 is 0 Å². The molecule has 0 aliphatic rings. The Morgan fingerprint density at radius 1 is 0.850 bits per heavy atom. The van der Waals surface area contributed by atoms with E-state index in [1.54, 1.807) is 0 Å². The summed E-state index contributed by atoms with van der Waals surface area (Å²) in [5, 5.41) is 2.37. The normalized spacial score (nSPS) is 10.7. The lowest BCUT2D eigenvalue weighted by Crippen LogP contribution is -2.04. The molecule has 0 spiro atoms. The van der Waals surface area contributed by atoms with Gasteiger partial charge in [-0.3, -0.25) is 4.79 Å². The van der Waals surface area contributed by atoms with Gasteiger partial charge in [0.25, 0.3) is 0 Å². The van der Waals surface area contributed by atoms with Gasteiger partial charge < -0.3 is 0 Å². The van der Waals surface area contributed by atoms with Crippen molar-refractivity contribution in [2.24, 2.45) is 0 Å². The standard InChI is InChI=1S/C18H13BrO/c19-17-8-4-3-7-16(17)18(20)12-13-9-10-14-5-1-2-6-15(14)11-13/h1-11H,12H2. The van der Waals surface area contributed by atoms with Gasteiger partial charge in [-0.15, -0.1) is 0 Å². The lowest BCUT2D eigenvalue weighted by molar-refractivity contribution is 0.0992. The van der Waals surface area contributed by atoms with Gasteiger partial charge in [0.2, 0.25) is 0 Å². The van der Waals surface area contributed by atoms with Gasteiger partial charge >= 0.3 is 0 Å². The summed E-state index contributed by atoms with van der Waals surface area (Å²) in [6.45, 7) is 0. The van der Waals surface area contributed by atoms with Gasteiger partial charge in [-0.2, -0.15) is 0 Å². The maximum absolute atomic E-state index is 12.3. The van der Waals surface area contributed by atoms with Crippen LogP contribution in [0.5, 0.6) is 0 Å². The zero-order valence-corrected chi connectivity index (χ0v) is 12.4. The van der Waals surface area contributed by atoms with E-state index in [1.165, 1.54) is 10.8 Å². The Balaban J connectivity index is 1.89. The van der Waals surface area contributed by atoms with E-state index in [0.717, 1.165) is 15.6 Å². The lowest BCUT2D eigenvalue weighted by atomic mass is 10.0. The monoisotopic (exact) mass is 324 g/mol. The number of hydrogen-bond acceptors (Lipinski definition) is 1. The molecule has 0 fully saturated rings. The van der Waals surface area contributed by atoms with E-state index in [9.17, 15) is 4.79 Å². The molecular formula is C18H13BrO. The molecule has 0 radical (unpaired) electrons. The van der Waals surface area contributed by atoms with Crippen molar-refractivity contribution < 1.29 is 4.79 Å². The van der Waals surface area contributed by atoms with Crippen LogP contribution in [0.15, 0.2) is 71.2 Å². The van der Waals surface area contributed by atoms with Crippen LogP contribution in [0.25, 0.3) is 10.8 Å². The number of halogens is 1. The summed E-state index contributed by atoms with van der Waals surface area (Å²) in [5.74, 6) is 0.132. The van der Waals surface area contributed by atoms with Gasteiger partial charge in [0, 0.05) is 16.5 Å². The number of ketones is 1. The Morgan fingerprint density at radius 2 is 1.55 bits per heavy atom. The molecule has 0 aromatic heterocycles. The number of carbonyl (C=O) groups excluding carboxylic acids is 1. The molecule has 0 atom stereocenters. The second kappa shape index (κ2) is 5.59. The molecule has 0 heterocycles. The van der Waals surface area contributed by atoms with Crippen LogP contribution in [0.3, 0.4) is 0 Å². The largest absolute Gasteiger partial charge is 0.294 e. The summed E-state index contributed by atoms with van der Waals surface area (Å²) in [4.78, 5) is 12.3. The highest BCUT2D eigenvalue weighted by molar-refractivity contribution is 9.10. The third-order valence-corrected chi connectivity index (χ3v) is 4.04. The molecule has 3 rings (SSSR count). The van der Waals surface area contributed by atoms with Crippen molar-refractivity contribution in [2.75, 3.05) is 0 Å². The summed E-state index contributed by atoms with van der Waals surface area (Å²) in [6, 6.07) is 21.9. The van der Waals surface area contributed by atoms with Crippen LogP contribution in [0.1, 0.15) is 15.9 Å². The second-order valence-corrected chi connectivity index (χ2v) is 5.62. The van der Waals surface area contributed by atoms with E-state index >= 15 is 0 Å². The average Bonchev–Trinajstić information content (AvgIpc) is 2.47. The van der Waals surface area contributed by atoms with Crippen molar-refractivity contribution in [3.63, 3.8) is 0 Å². The minimum atomic E-state index is 0.132. The van der Waals surface area contributed by atoms with Crippen LogP contribution in [-0.4, -0.2) is 5.78 Å². The van der Waals surface area contributed by atoms with Gasteiger partial charge in [0.15, 0.2) is 5.78 Å². The molecule has 0 saturated heterocycles. The molecule has 1 nitrogen and oxygen atoms in total. The van der Waals surface area contributed by atoms with E-state index in [-0.39, 0.29) is 5.78 Å². The van der Waals surface area contributed by atoms with Gasteiger partial charge in [-0.25, -0.2) is 0 Å². The Kier molecular flexibility index (Phi) is 3.66. The molecule has 20 heavy (non-hydrogen) atoms. The Bertz CT molecular complexity index is 777. The zero-order valence-electron chi connectivity index (χ0n) is 10.8. The van der Waals surface area contributed by atoms with Gasteiger partial charge in [0.05, 0.1) is 0 Å². The average molecular weight is 325 g/mol. The smallest absolute Gasteiger partial charge is 0.168 e. The van der Waals surface area contributed by atoms with E-state index in [0.29, 0.717) is 6.42 Å². The number of carbonyl (C=O) groups is 1. The van der Waals surface area contributed by atoms with Gasteiger partial charge in [0.1, 0.15) is 0 Å². The molecule has 0 N–H and O–H groups in total. The van der Waals surface area contributed by atoms with Crippen LogP contribution >= 0.6 is 15.9 Å². The summed E-state index contributed by atoms with van der Waals surface area (Å²) in [7, 11) is 0. The highest BCUT2D eigenvalue weighted by Crippen LogP contribution is 2.20. The molecule has 0 amide bonds. The first-order valence-electron chi connectivity index (χ1n) is 6.49. The number of fused-ring (bicyclic) bond motifs is 1. The second-order valence-electron chi connectivity index (χ2n) is 4.76. The summed E-state index contributed by atoms with van der Waals surface area (Å²) < 4.78 is 0.853. The third-order valence-electron chi connectivity index (χ3n) is 3.35. The van der Waals surface area contributed by atoms with E-state index in [1.807, 2.05) is 42.5 Å². The Hall–Kier alpha value is -1.93. The molecule has 0 aliphatic heterocycles. The van der Waals surface area contributed by atoms with Crippen molar-refractivity contribution >= 4 is 32.5 Å². The fraction of sp³-hybridized carbons (Fsp3) is 0.0556. The van der Waals surface area contributed by atoms with Crippen molar-refractivity contribution in [2.45, 2.75) is 6.42 Å². The first-order chi connectivity index (χ1) is 9.74. The van der Waals surface area contributed by atoms with Crippen LogP contribution in [0, 0.1) is 0 Å². The Labute approximate surface area is 126 Å². The molecule has 3 aromatic rings. The topological polar surface area (TPSA) is 17.1 Å². The molecule has 0 bridgehead atoms. The van der Waals surface area contributed by atoms with E-state index in [4.69, 9.17) is 0 Å². The van der Waals surface area contributed by atoms with Crippen molar-refractivity contribution in [1.82, 2.24) is 0 Å². The molecule has 0 saturated carbocycles. The fourth-order valence-corrected chi connectivity index (χ4v) is 2.82. The molecule has 0 aliphatic carbocycles. The highest BCUT2D eigenvalue weighted by Gasteiger charge is 2.10. The van der Waals surface area contributed by atoms with Crippen molar-refractivity contribution in [3.05, 3.63) is 82.3 Å².